The lowest BCUT2D eigenvalue weighted by Gasteiger charge is -2.60. The fraction of sp³-hybridized carbons (Fsp3) is 0.433. The predicted octanol–water partition coefficient (Wildman–Crippen LogP) is 5.53. The number of methoxy groups -OCH3 is 1. The van der Waals surface area contributed by atoms with E-state index >= 15 is 0 Å². The van der Waals surface area contributed by atoms with Gasteiger partial charge in [0.15, 0.2) is 0 Å². The van der Waals surface area contributed by atoms with E-state index in [0.29, 0.717) is 18.5 Å². The smallest absolute Gasteiger partial charge is 0.508 e. The van der Waals surface area contributed by atoms with Crippen molar-refractivity contribution in [3.05, 3.63) is 78.4 Å². The second kappa shape index (κ2) is 11.4. The standard InChI is InChI=1S/C30H35F3N2O4/c1-4-16-35-17-15-28(23-8-6-9-25(36)19-23)20-24(13-14-29(28,21-35)38-3)34(2)27(37)12-11-22-7-5-10-26(18-22)39-30(31,32)33/h4-12,18-19,24,36H,1,13-17,20-21H2,2-3H3/b12-11+. The van der Waals surface area contributed by atoms with Gasteiger partial charge in [-0.15, -0.1) is 19.8 Å². The van der Waals surface area contributed by atoms with E-state index in [4.69, 9.17) is 4.74 Å². The molecule has 9 heteroatoms. The highest BCUT2D eigenvalue weighted by Crippen LogP contribution is 2.54. The molecule has 0 bridgehead atoms. The second-order valence-electron chi connectivity index (χ2n) is 10.4. The van der Waals surface area contributed by atoms with Gasteiger partial charge in [-0.3, -0.25) is 9.69 Å². The number of phenols is 1. The second-order valence-corrected chi connectivity index (χ2v) is 10.4. The number of benzene rings is 2. The van der Waals surface area contributed by atoms with E-state index in [2.05, 4.69) is 16.2 Å². The summed E-state index contributed by atoms with van der Waals surface area (Å²) in [5.41, 5.74) is 0.483. The topological polar surface area (TPSA) is 62.2 Å². The molecule has 1 aliphatic carbocycles. The Labute approximate surface area is 227 Å². The van der Waals surface area contributed by atoms with Gasteiger partial charge in [-0.2, -0.15) is 0 Å². The third kappa shape index (κ3) is 6.15. The molecule has 3 atom stereocenters. The van der Waals surface area contributed by atoms with Crippen LogP contribution in [-0.4, -0.2) is 72.6 Å². The quantitative estimate of drug-likeness (QED) is 0.350. The number of phenolic OH excluding ortho intramolecular Hbond substituents is 1. The van der Waals surface area contributed by atoms with Crippen LogP contribution in [-0.2, 0) is 14.9 Å². The average Bonchev–Trinajstić information content (AvgIpc) is 2.90. The van der Waals surface area contributed by atoms with Crippen molar-refractivity contribution in [1.29, 1.82) is 0 Å². The van der Waals surface area contributed by atoms with Crippen molar-refractivity contribution in [2.45, 2.75) is 49.1 Å². The van der Waals surface area contributed by atoms with Gasteiger partial charge < -0.3 is 19.5 Å². The molecule has 2 aromatic rings. The average molecular weight is 545 g/mol. The summed E-state index contributed by atoms with van der Waals surface area (Å²) < 4.78 is 48.0. The Hall–Kier alpha value is -3.30. The van der Waals surface area contributed by atoms with Gasteiger partial charge in [0.05, 0.1) is 5.60 Å². The normalized spacial score (nSPS) is 25.7. The number of alkyl halides is 3. The first kappa shape index (κ1) is 28.7. The Morgan fingerprint density at radius 3 is 2.69 bits per heavy atom. The van der Waals surface area contributed by atoms with Crippen LogP contribution < -0.4 is 4.74 Å². The highest BCUT2D eigenvalue weighted by Gasteiger charge is 2.59. The predicted molar refractivity (Wildman–Crippen MR) is 143 cm³/mol. The number of piperidine rings is 1. The van der Waals surface area contributed by atoms with E-state index in [1.807, 2.05) is 18.2 Å². The Bertz CT molecular complexity index is 1220. The number of halogens is 3. The van der Waals surface area contributed by atoms with Crippen LogP contribution in [0.2, 0.25) is 0 Å². The van der Waals surface area contributed by atoms with E-state index in [9.17, 15) is 23.1 Å². The number of carbonyl (C=O) groups excluding carboxylic acids is 1. The summed E-state index contributed by atoms with van der Waals surface area (Å²) in [6.45, 7) is 6.18. The van der Waals surface area contributed by atoms with Crippen LogP contribution in [0.4, 0.5) is 13.2 Å². The molecular weight excluding hydrogens is 509 g/mol. The summed E-state index contributed by atoms with van der Waals surface area (Å²) >= 11 is 0. The number of hydrogen-bond acceptors (Lipinski definition) is 5. The first-order chi connectivity index (χ1) is 18.5. The van der Waals surface area contributed by atoms with Gasteiger partial charge in [-0.25, -0.2) is 0 Å². The number of ether oxygens (including phenoxy) is 2. The van der Waals surface area contributed by atoms with Gasteiger partial charge in [-0.1, -0.05) is 30.3 Å². The Balaban J connectivity index is 1.57. The molecule has 1 heterocycles. The molecule has 1 saturated carbocycles. The van der Waals surface area contributed by atoms with Crippen LogP contribution in [0.15, 0.2) is 67.3 Å². The number of likely N-dealkylation sites (N-methyl/N-ethyl adjacent to an activating group) is 1. The van der Waals surface area contributed by atoms with E-state index in [0.717, 1.165) is 37.9 Å². The van der Waals surface area contributed by atoms with Crippen LogP contribution in [0.5, 0.6) is 11.5 Å². The van der Waals surface area contributed by atoms with Gasteiger partial charge in [0.2, 0.25) is 5.91 Å². The van der Waals surface area contributed by atoms with Crippen molar-refractivity contribution in [1.82, 2.24) is 9.80 Å². The van der Waals surface area contributed by atoms with Crippen molar-refractivity contribution in [3.8, 4) is 11.5 Å². The monoisotopic (exact) mass is 544 g/mol. The lowest BCUT2D eigenvalue weighted by atomic mass is 9.55. The molecule has 0 aromatic heterocycles. The number of aromatic hydroxyl groups is 1. The number of carbonyl (C=O) groups is 1. The summed E-state index contributed by atoms with van der Waals surface area (Å²) in [6.07, 6.45) is 2.85. The van der Waals surface area contributed by atoms with Crippen LogP contribution in [0.25, 0.3) is 6.08 Å². The Kier molecular flexibility index (Phi) is 8.42. The number of amides is 1. The van der Waals surface area contributed by atoms with Crippen molar-refractivity contribution in [2.75, 3.05) is 33.8 Å². The molecule has 2 aromatic carbocycles. The van der Waals surface area contributed by atoms with Crippen molar-refractivity contribution in [2.24, 2.45) is 0 Å². The summed E-state index contributed by atoms with van der Waals surface area (Å²) in [6, 6.07) is 12.7. The van der Waals surface area contributed by atoms with Gasteiger partial charge in [-0.05, 0) is 73.7 Å². The maximum atomic E-state index is 13.2. The third-order valence-corrected chi connectivity index (χ3v) is 8.25. The molecule has 2 aliphatic rings. The fourth-order valence-electron chi connectivity index (χ4n) is 6.32. The zero-order valence-corrected chi connectivity index (χ0v) is 22.3. The van der Waals surface area contributed by atoms with Crippen LogP contribution in [0.1, 0.15) is 36.8 Å². The Morgan fingerprint density at radius 1 is 1.23 bits per heavy atom. The van der Waals surface area contributed by atoms with E-state index in [1.54, 1.807) is 37.3 Å². The molecular formula is C30H35F3N2O4. The molecule has 1 N–H and O–H groups in total. The summed E-state index contributed by atoms with van der Waals surface area (Å²) in [4.78, 5) is 17.2. The summed E-state index contributed by atoms with van der Waals surface area (Å²) in [7, 11) is 3.49. The third-order valence-electron chi connectivity index (χ3n) is 8.25. The molecule has 0 spiro atoms. The number of nitrogens with zero attached hydrogens (tertiary/aromatic N) is 2. The summed E-state index contributed by atoms with van der Waals surface area (Å²) in [5.74, 6) is -0.404. The van der Waals surface area contributed by atoms with Crippen LogP contribution in [0, 0.1) is 0 Å². The molecule has 6 nitrogen and oxygen atoms in total. The van der Waals surface area contributed by atoms with Gasteiger partial charge in [0, 0.05) is 44.8 Å². The first-order valence-electron chi connectivity index (χ1n) is 13.0. The lowest BCUT2D eigenvalue weighted by Crippen LogP contribution is -2.67. The number of hydrogen-bond donors (Lipinski definition) is 1. The van der Waals surface area contributed by atoms with Gasteiger partial charge >= 0.3 is 6.36 Å². The molecule has 1 amide bonds. The molecule has 2 fully saturated rings. The maximum Gasteiger partial charge on any atom is 0.573 e. The number of fused-ring (bicyclic) bond motifs is 1. The molecule has 4 rings (SSSR count). The minimum atomic E-state index is -4.79. The summed E-state index contributed by atoms with van der Waals surface area (Å²) in [5, 5.41) is 10.3. The Morgan fingerprint density at radius 2 is 2.00 bits per heavy atom. The molecule has 1 saturated heterocycles. The molecule has 3 unspecified atom stereocenters. The van der Waals surface area contributed by atoms with Crippen molar-refractivity contribution >= 4 is 12.0 Å². The minimum Gasteiger partial charge on any atom is -0.508 e. The van der Waals surface area contributed by atoms with Crippen molar-refractivity contribution < 1.29 is 32.5 Å². The molecule has 0 radical (unpaired) electrons. The van der Waals surface area contributed by atoms with Gasteiger partial charge in [0.1, 0.15) is 11.5 Å². The van der Waals surface area contributed by atoms with E-state index in [-0.39, 0.29) is 23.4 Å². The lowest BCUT2D eigenvalue weighted by molar-refractivity contribution is -0.274. The fourth-order valence-corrected chi connectivity index (χ4v) is 6.32. The largest absolute Gasteiger partial charge is 0.573 e. The van der Waals surface area contributed by atoms with Gasteiger partial charge in [0.25, 0.3) is 0 Å². The SMILES string of the molecule is C=CCN1CCC2(c3cccc(O)c3)CC(N(C)C(=O)/C=C/c3cccc(OC(F)(F)F)c3)CCC2(OC)C1. The highest BCUT2D eigenvalue weighted by molar-refractivity contribution is 5.91. The molecule has 210 valence electrons. The minimum absolute atomic E-state index is 0.0985. The number of likely N-dealkylation sites (tertiary alicyclic amines) is 1. The van der Waals surface area contributed by atoms with Crippen LogP contribution in [0.3, 0.4) is 0 Å². The molecule has 1 aliphatic heterocycles. The molecule has 39 heavy (non-hydrogen) atoms. The van der Waals surface area contributed by atoms with Crippen LogP contribution >= 0.6 is 0 Å². The zero-order valence-electron chi connectivity index (χ0n) is 22.3. The van der Waals surface area contributed by atoms with Crippen molar-refractivity contribution in [3.63, 3.8) is 0 Å². The maximum absolute atomic E-state index is 13.2. The zero-order chi connectivity index (χ0) is 28.3. The first-order valence-corrected chi connectivity index (χ1v) is 13.0. The highest BCUT2D eigenvalue weighted by atomic mass is 19.4. The number of rotatable bonds is 8. The van der Waals surface area contributed by atoms with E-state index < -0.39 is 17.4 Å². The van der Waals surface area contributed by atoms with E-state index in [1.165, 1.54) is 30.4 Å².